The molecule has 0 unspecified atom stereocenters. The largest absolute Gasteiger partial charge is 0.466 e. The fourth-order valence-corrected chi connectivity index (χ4v) is 2.38. The van der Waals surface area contributed by atoms with Gasteiger partial charge in [-0.15, -0.1) is 11.3 Å². The fourth-order valence-electron chi connectivity index (χ4n) is 1.65. The quantitative estimate of drug-likeness (QED) is 0.858. The number of esters is 1. The van der Waals surface area contributed by atoms with Crippen LogP contribution >= 0.6 is 11.3 Å². The predicted molar refractivity (Wildman–Crippen MR) is 76.9 cm³/mol. The van der Waals surface area contributed by atoms with Crippen LogP contribution in [0.1, 0.15) is 18.2 Å². The van der Waals surface area contributed by atoms with Crippen molar-refractivity contribution in [2.45, 2.75) is 20.3 Å². The molecule has 0 atom stereocenters. The molecule has 0 saturated heterocycles. The zero-order valence-electron chi connectivity index (χ0n) is 11.3. The first kappa shape index (κ1) is 14.5. The summed E-state index contributed by atoms with van der Waals surface area (Å²) in [7, 11) is 0. The van der Waals surface area contributed by atoms with Crippen LogP contribution in [0.4, 0.5) is 15.2 Å². The van der Waals surface area contributed by atoms with Crippen LogP contribution in [0.25, 0.3) is 0 Å². The summed E-state index contributed by atoms with van der Waals surface area (Å²) < 4.78 is 18.0. The highest BCUT2D eigenvalue weighted by molar-refractivity contribution is 7.13. The lowest BCUT2D eigenvalue weighted by atomic mass is 10.2. The Bertz CT molecular complexity index is 613. The molecule has 2 rings (SSSR count). The molecule has 1 heterocycles. The average molecular weight is 294 g/mol. The lowest BCUT2D eigenvalue weighted by molar-refractivity contribution is -0.142. The monoisotopic (exact) mass is 294 g/mol. The molecule has 6 heteroatoms. The number of halogens is 1. The number of nitrogens with zero attached hydrogens (tertiary/aromatic N) is 1. The van der Waals surface area contributed by atoms with Gasteiger partial charge in [-0.25, -0.2) is 9.37 Å². The highest BCUT2D eigenvalue weighted by Crippen LogP contribution is 2.22. The van der Waals surface area contributed by atoms with E-state index in [-0.39, 0.29) is 18.2 Å². The van der Waals surface area contributed by atoms with Crippen LogP contribution in [0.15, 0.2) is 23.6 Å². The van der Waals surface area contributed by atoms with Gasteiger partial charge in [0.1, 0.15) is 5.82 Å². The van der Waals surface area contributed by atoms with Crippen LogP contribution in [0, 0.1) is 12.7 Å². The maximum absolute atomic E-state index is 13.2. The Kier molecular flexibility index (Phi) is 4.68. The van der Waals surface area contributed by atoms with Crippen LogP contribution in [0.3, 0.4) is 0 Å². The zero-order valence-corrected chi connectivity index (χ0v) is 12.1. The van der Waals surface area contributed by atoms with Gasteiger partial charge in [-0.3, -0.25) is 4.79 Å². The minimum Gasteiger partial charge on any atom is -0.466 e. The number of hydrogen-bond acceptors (Lipinski definition) is 5. The molecule has 20 heavy (non-hydrogen) atoms. The summed E-state index contributed by atoms with van der Waals surface area (Å²) in [6.07, 6.45) is 0.161. The molecule has 1 aromatic heterocycles. The second kappa shape index (κ2) is 6.47. The van der Waals surface area contributed by atoms with E-state index in [0.29, 0.717) is 23.0 Å². The summed E-state index contributed by atoms with van der Waals surface area (Å²) in [5.74, 6) is -0.528. The summed E-state index contributed by atoms with van der Waals surface area (Å²) >= 11 is 1.39. The molecule has 0 aliphatic rings. The average Bonchev–Trinajstić information content (AvgIpc) is 2.81. The number of rotatable bonds is 5. The minimum atomic E-state index is -0.290. The second-order valence-corrected chi connectivity index (χ2v) is 5.07. The molecule has 0 bridgehead atoms. The fraction of sp³-hybridized carbons (Fsp3) is 0.286. The first-order valence-electron chi connectivity index (χ1n) is 6.21. The second-order valence-electron chi connectivity index (χ2n) is 4.21. The van der Waals surface area contributed by atoms with Crippen LogP contribution in [0.5, 0.6) is 0 Å². The highest BCUT2D eigenvalue weighted by atomic mass is 32.1. The molecule has 106 valence electrons. The topological polar surface area (TPSA) is 51.2 Å². The smallest absolute Gasteiger partial charge is 0.311 e. The molecule has 0 spiro atoms. The number of aryl methyl sites for hydroxylation is 1. The van der Waals surface area contributed by atoms with Crippen LogP contribution in [-0.4, -0.2) is 17.6 Å². The molecule has 1 aromatic carbocycles. The van der Waals surface area contributed by atoms with Crippen molar-refractivity contribution in [2.24, 2.45) is 0 Å². The van der Waals surface area contributed by atoms with Gasteiger partial charge in [0.25, 0.3) is 0 Å². The van der Waals surface area contributed by atoms with Crippen LogP contribution in [-0.2, 0) is 16.0 Å². The number of nitrogens with one attached hydrogen (secondary N) is 1. The Labute approximate surface area is 120 Å². The van der Waals surface area contributed by atoms with E-state index in [1.807, 2.05) is 0 Å². The number of anilines is 2. The lowest BCUT2D eigenvalue weighted by Crippen LogP contribution is -2.07. The van der Waals surface area contributed by atoms with Gasteiger partial charge in [0.15, 0.2) is 5.13 Å². The number of carbonyl (C=O) groups excluding carboxylic acids is 1. The number of hydrogen-bond donors (Lipinski definition) is 1. The van der Waals surface area contributed by atoms with Crippen molar-refractivity contribution >= 4 is 28.1 Å². The van der Waals surface area contributed by atoms with Crippen molar-refractivity contribution in [1.29, 1.82) is 0 Å². The molecule has 0 amide bonds. The normalized spacial score (nSPS) is 10.3. The minimum absolute atomic E-state index is 0.161. The van der Waals surface area contributed by atoms with Gasteiger partial charge in [0.05, 0.1) is 18.7 Å². The van der Waals surface area contributed by atoms with Crippen molar-refractivity contribution in [3.63, 3.8) is 0 Å². The Morgan fingerprint density at radius 2 is 2.30 bits per heavy atom. The standard InChI is InChI=1S/C14H15FN2O2S/c1-3-19-13(18)7-11-8-20-14(17-11)16-10-4-5-12(15)9(2)6-10/h4-6,8H,3,7H2,1-2H3,(H,16,17). The van der Waals surface area contributed by atoms with Crippen LogP contribution in [0.2, 0.25) is 0 Å². The summed E-state index contributed by atoms with van der Waals surface area (Å²) in [5, 5.41) is 5.55. The van der Waals surface area contributed by atoms with Crippen molar-refractivity contribution in [3.8, 4) is 0 Å². The number of aromatic nitrogens is 1. The third kappa shape index (κ3) is 3.77. The lowest BCUT2D eigenvalue weighted by Gasteiger charge is -2.04. The Morgan fingerprint density at radius 1 is 1.50 bits per heavy atom. The molecular weight excluding hydrogens is 279 g/mol. The summed E-state index contributed by atoms with van der Waals surface area (Å²) in [5.41, 5.74) is 1.99. The summed E-state index contributed by atoms with van der Waals surface area (Å²) in [6.45, 7) is 3.83. The molecule has 0 fully saturated rings. The number of benzene rings is 1. The van der Waals surface area contributed by atoms with Gasteiger partial charge in [0, 0.05) is 11.1 Å². The maximum atomic E-state index is 13.2. The van der Waals surface area contributed by atoms with Crippen LogP contribution < -0.4 is 5.32 Å². The first-order chi connectivity index (χ1) is 9.58. The van der Waals surface area contributed by atoms with Crippen molar-refractivity contribution in [1.82, 2.24) is 4.98 Å². The molecule has 4 nitrogen and oxygen atoms in total. The maximum Gasteiger partial charge on any atom is 0.311 e. The Balaban J connectivity index is 2.02. The number of carbonyl (C=O) groups is 1. The van der Waals surface area contributed by atoms with E-state index in [2.05, 4.69) is 10.3 Å². The van der Waals surface area contributed by atoms with E-state index < -0.39 is 0 Å². The van der Waals surface area contributed by atoms with Gasteiger partial charge in [-0.05, 0) is 37.6 Å². The van der Waals surface area contributed by atoms with Crippen molar-refractivity contribution in [3.05, 3.63) is 40.7 Å². The summed E-state index contributed by atoms with van der Waals surface area (Å²) in [6, 6.07) is 4.77. The van der Waals surface area contributed by atoms with Gasteiger partial charge in [-0.2, -0.15) is 0 Å². The molecule has 2 aromatic rings. The van der Waals surface area contributed by atoms with Gasteiger partial charge in [-0.1, -0.05) is 0 Å². The van der Waals surface area contributed by atoms with E-state index in [9.17, 15) is 9.18 Å². The third-order valence-electron chi connectivity index (χ3n) is 2.59. The van der Waals surface area contributed by atoms with Crippen molar-refractivity contribution in [2.75, 3.05) is 11.9 Å². The van der Waals surface area contributed by atoms with E-state index in [1.165, 1.54) is 17.4 Å². The summed E-state index contributed by atoms with van der Waals surface area (Å²) in [4.78, 5) is 15.6. The van der Waals surface area contributed by atoms with Gasteiger partial charge < -0.3 is 10.1 Å². The number of thiazole rings is 1. The van der Waals surface area contributed by atoms with E-state index in [1.54, 1.807) is 31.4 Å². The third-order valence-corrected chi connectivity index (χ3v) is 3.40. The Hall–Kier alpha value is -1.95. The Morgan fingerprint density at radius 3 is 3.00 bits per heavy atom. The SMILES string of the molecule is CCOC(=O)Cc1csc(Nc2ccc(F)c(C)c2)n1. The molecule has 0 aliphatic carbocycles. The first-order valence-corrected chi connectivity index (χ1v) is 7.09. The predicted octanol–water partition coefficient (Wildman–Crippen LogP) is 3.44. The molecule has 0 aliphatic heterocycles. The van der Waals surface area contributed by atoms with Gasteiger partial charge in [0.2, 0.25) is 0 Å². The van der Waals surface area contributed by atoms with E-state index >= 15 is 0 Å². The molecule has 0 radical (unpaired) electrons. The van der Waals surface area contributed by atoms with Crippen molar-refractivity contribution < 1.29 is 13.9 Å². The van der Waals surface area contributed by atoms with Gasteiger partial charge >= 0.3 is 5.97 Å². The zero-order chi connectivity index (χ0) is 14.5. The highest BCUT2D eigenvalue weighted by Gasteiger charge is 2.09. The van der Waals surface area contributed by atoms with E-state index in [4.69, 9.17) is 4.74 Å². The molecule has 1 N–H and O–H groups in total. The molecule has 0 saturated carbocycles. The number of ether oxygens (including phenoxy) is 1. The molecular formula is C14H15FN2O2S. The van der Waals surface area contributed by atoms with E-state index in [0.717, 1.165) is 5.69 Å².